The van der Waals surface area contributed by atoms with E-state index < -0.39 is 0 Å². The maximum Gasteiger partial charge on any atom is 0.0702 e. The zero-order chi connectivity index (χ0) is 13.0. The van der Waals surface area contributed by atoms with Gasteiger partial charge < -0.3 is 15.4 Å². The molecule has 3 atom stereocenters. The Kier molecular flexibility index (Phi) is 5.05. The third kappa shape index (κ3) is 3.69. The number of rotatable bonds is 5. The zero-order valence-electron chi connectivity index (χ0n) is 12.2. The monoisotopic (exact) mass is 254 g/mol. The molecule has 2 N–H and O–H groups in total. The van der Waals surface area contributed by atoms with Crippen LogP contribution in [0.3, 0.4) is 0 Å². The Balaban J connectivity index is 1.84. The van der Waals surface area contributed by atoms with Crippen LogP contribution in [0.15, 0.2) is 0 Å². The van der Waals surface area contributed by atoms with Crippen LogP contribution < -0.4 is 5.73 Å². The highest BCUT2D eigenvalue weighted by atomic mass is 16.5. The van der Waals surface area contributed by atoms with Gasteiger partial charge in [-0.25, -0.2) is 0 Å². The van der Waals surface area contributed by atoms with E-state index in [1.165, 1.54) is 38.5 Å². The van der Waals surface area contributed by atoms with Crippen LogP contribution in [0.4, 0.5) is 0 Å². The van der Waals surface area contributed by atoms with E-state index in [0.29, 0.717) is 11.5 Å². The lowest BCUT2D eigenvalue weighted by molar-refractivity contribution is 0.0496. The van der Waals surface area contributed by atoms with Crippen molar-refractivity contribution in [2.24, 2.45) is 17.1 Å². The van der Waals surface area contributed by atoms with Gasteiger partial charge in [-0.15, -0.1) is 0 Å². The molecule has 18 heavy (non-hydrogen) atoms. The molecule has 3 nitrogen and oxygen atoms in total. The van der Waals surface area contributed by atoms with Gasteiger partial charge in [0.2, 0.25) is 0 Å². The Morgan fingerprint density at radius 2 is 2.17 bits per heavy atom. The quantitative estimate of drug-likeness (QED) is 0.818. The highest BCUT2D eigenvalue weighted by Gasteiger charge is 2.35. The molecule has 1 aliphatic heterocycles. The predicted molar refractivity (Wildman–Crippen MR) is 75.6 cm³/mol. The van der Waals surface area contributed by atoms with E-state index in [4.69, 9.17) is 10.5 Å². The summed E-state index contributed by atoms with van der Waals surface area (Å²) in [4.78, 5) is 2.46. The minimum absolute atomic E-state index is 0.366. The van der Waals surface area contributed by atoms with E-state index in [1.807, 2.05) is 0 Å². The predicted octanol–water partition coefficient (Wildman–Crippen LogP) is 2.25. The highest BCUT2D eigenvalue weighted by molar-refractivity contribution is 4.89. The number of nitrogens with two attached hydrogens (primary N) is 1. The number of nitrogens with zero attached hydrogens (tertiary/aromatic N) is 1. The van der Waals surface area contributed by atoms with Crippen molar-refractivity contribution in [2.45, 2.75) is 51.6 Å². The van der Waals surface area contributed by atoms with Gasteiger partial charge in [-0.3, -0.25) is 0 Å². The number of likely N-dealkylation sites (N-methyl/N-ethyl adjacent to an activating group) is 1. The normalized spacial score (nSPS) is 37.3. The molecule has 0 radical (unpaired) electrons. The van der Waals surface area contributed by atoms with E-state index in [-0.39, 0.29) is 0 Å². The molecule has 3 heteroatoms. The summed E-state index contributed by atoms with van der Waals surface area (Å²) in [5.41, 5.74) is 6.47. The van der Waals surface area contributed by atoms with Crippen LogP contribution in [0.25, 0.3) is 0 Å². The maximum absolute atomic E-state index is 6.10. The lowest BCUT2D eigenvalue weighted by Crippen LogP contribution is -2.45. The number of hydrogen-bond acceptors (Lipinski definition) is 3. The van der Waals surface area contributed by atoms with E-state index in [9.17, 15) is 0 Å². The van der Waals surface area contributed by atoms with Crippen LogP contribution in [0.2, 0.25) is 0 Å². The molecule has 1 saturated carbocycles. The molecule has 0 bridgehead atoms. The molecule has 0 aromatic heterocycles. The minimum Gasteiger partial charge on any atom is -0.377 e. The van der Waals surface area contributed by atoms with Gasteiger partial charge in [-0.2, -0.15) is 0 Å². The lowest BCUT2D eigenvalue weighted by atomic mass is 9.70. The summed E-state index contributed by atoms with van der Waals surface area (Å²) in [5.74, 6) is 0.846. The van der Waals surface area contributed by atoms with Crippen molar-refractivity contribution in [3.63, 3.8) is 0 Å². The van der Waals surface area contributed by atoms with Crippen LogP contribution in [0, 0.1) is 11.3 Å². The molecule has 0 aromatic carbocycles. The summed E-state index contributed by atoms with van der Waals surface area (Å²) in [5, 5.41) is 0. The van der Waals surface area contributed by atoms with Gasteiger partial charge in [0.1, 0.15) is 0 Å². The molecule has 0 aromatic rings. The zero-order valence-corrected chi connectivity index (χ0v) is 12.2. The molecule has 2 fully saturated rings. The van der Waals surface area contributed by atoms with Crippen molar-refractivity contribution in [1.29, 1.82) is 0 Å². The minimum atomic E-state index is 0.366. The first-order valence-electron chi connectivity index (χ1n) is 7.64. The molecule has 1 heterocycles. The molecule has 3 unspecified atom stereocenters. The second-order valence-corrected chi connectivity index (χ2v) is 6.74. The van der Waals surface area contributed by atoms with Crippen molar-refractivity contribution in [1.82, 2.24) is 4.90 Å². The molecule has 0 amide bonds. The standard InChI is InChI=1S/C15H30N2O/c1-13-5-3-7-15(9-13,11-16)12-17(2)10-14-6-4-8-18-14/h13-14H,3-12,16H2,1-2H3. The van der Waals surface area contributed by atoms with Crippen LogP contribution in [0.1, 0.15) is 45.4 Å². The Hall–Kier alpha value is -0.120. The number of ether oxygens (including phenoxy) is 1. The summed E-state index contributed by atoms with van der Waals surface area (Å²) in [6, 6.07) is 0. The lowest BCUT2D eigenvalue weighted by Gasteiger charge is -2.42. The third-order valence-electron chi connectivity index (χ3n) is 4.76. The molecule has 0 spiro atoms. The molecular weight excluding hydrogens is 224 g/mol. The van der Waals surface area contributed by atoms with Crippen molar-refractivity contribution in [2.75, 3.05) is 33.3 Å². The van der Waals surface area contributed by atoms with Gasteiger partial charge in [-0.05, 0) is 50.6 Å². The van der Waals surface area contributed by atoms with E-state index in [2.05, 4.69) is 18.9 Å². The van der Waals surface area contributed by atoms with Gasteiger partial charge >= 0.3 is 0 Å². The van der Waals surface area contributed by atoms with Crippen molar-refractivity contribution < 1.29 is 4.74 Å². The van der Waals surface area contributed by atoms with Crippen LogP contribution in [0.5, 0.6) is 0 Å². The van der Waals surface area contributed by atoms with Crippen LogP contribution >= 0.6 is 0 Å². The molecule has 1 aliphatic carbocycles. The topological polar surface area (TPSA) is 38.5 Å². The van der Waals surface area contributed by atoms with E-state index in [0.717, 1.165) is 32.2 Å². The van der Waals surface area contributed by atoms with Crippen LogP contribution in [-0.2, 0) is 4.74 Å². The fourth-order valence-electron chi connectivity index (χ4n) is 3.94. The Morgan fingerprint density at radius 3 is 2.78 bits per heavy atom. The first-order valence-corrected chi connectivity index (χ1v) is 7.64. The van der Waals surface area contributed by atoms with Gasteiger partial charge in [-0.1, -0.05) is 19.8 Å². The van der Waals surface area contributed by atoms with E-state index in [1.54, 1.807) is 0 Å². The number of hydrogen-bond donors (Lipinski definition) is 1. The van der Waals surface area contributed by atoms with Gasteiger partial charge in [0.05, 0.1) is 6.10 Å². The second-order valence-electron chi connectivity index (χ2n) is 6.74. The second kappa shape index (κ2) is 6.36. The fourth-order valence-corrected chi connectivity index (χ4v) is 3.94. The first kappa shape index (κ1) is 14.3. The van der Waals surface area contributed by atoms with Gasteiger partial charge in [0.25, 0.3) is 0 Å². The smallest absolute Gasteiger partial charge is 0.0702 e. The molecule has 2 rings (SSSR count). The average Bonchev–Trinajstić information content (AvgIpc) is 2.81. The Labute approximate surface area is 112 Å². The Bertz CT molecular complexity index is 253. The van der Waals surface area contributed by atoms with Crippen molar-refractivity contribution in [3.05, 3.63) is 0 Å². The van der Waals surface area contributed by atoms with Crippen molar-refractivity contribution in [3.8, 4) is 0 Å². The van der Waals surface area contributed by atoms with Crippen LogP contribution in [-0.4, -0.2) is 44.3 Å². The summed E-state index contributed by atoms with van der Waals surface area (Å²) in [7, 11) is 2.23. The highest BCUT2D eigenvalue weighted by Crippen LogP contribution is 2.39. The van der Waals surface area contributed by atoms with Gasteiger partial charge in [0.15, 0.2) is 0 Å². The summed E-state index contributed by atoms with van der Waals surface area (Å²) >= 11 is 0. The molecule has 1 saturated heterocycles. The molecule has 2 aliphatic rings. The summed E-state index contributed by atoms with van der Waals surface area (Å²) < 4.78 is 5.73. The largest absolute Gasteiger partial charge is 0.377 e. The van der Waals surface area contributed by atoms with Gasteiger partial charge in [0, 0.05) is 19.7 Å². The van der Waals surface area contributed by atoms with E-state index >= 15 is 0 Å². The SMILES string of the molecule is CC1CCCC(CN)(CN(C)CC2CCCO2)C1. The first-order chi connectivity index (χ1) is 8.63. The third-order valence-corrected chi connectivity index (χ3v) is 4.76. The molecular formula is C15H30N2O. The summed E-state index contributed by atoms with van der Waals surface area (Å²) in [6.07, 6.45) is 8.28. The Morgan fingerprint density at radius 1 is 1.33 bits per heavy atom. The average molecular weight is 254 g/mol. The molecule has 106 valence electrons. The fraction of sp³-hybridized carbons (Fsp3) is 1.00. The van der Waals surface area contributed by atoms with Crippen molar-refractivity contribution >= 4 is 0 Å². The maximum atomic E-state index is 6.10. The summed E-state index contributed by atoms with van der Waals surface area (Å²) in [6.45, 7) is 6.40.